The van der Waals surface area contributed by atoms with Gasteiger partial charge in [-0.1, -0.05) is 27.7 Å². The minimum Gasteiger partial charge on any atom is -0.461 e. The average molecular weight is 258 g/mol. The molecule has 0 aliphatic rings. The van der Waals surface area contributed by atoms with Gasteiger partial charge in [0.05, 0.1) is 12.1 Å². The van der Waals surface area contributed by atoms with Gasteiger partial charge in [0.15, 0.2) is 0 Å². The maximum absolute atomic E-state index is 11.8. The zero-order valence-corrected chi connectivity index (χ0v) is 12.2. The van der Waals surface area contributed by atoms with Gasteiger partial charge in [-0.05, 0) is 25.7 Å². The van der Waals surface area contributed by atoms with Crippen LogP contribution in [0, 0.1) is 11.8 Å². The first kappa shape index (κ1) is 16.9. The maximum atomic E-state index is 11.8. The van der Waals surface area contributed by atoms with Crippen LogP contribution in [0.4, 0.5) is 0 Å². The van der Waals surface area contributed by atoms with Crippen LogP contribution in [0.1, 0.15) is 41.5 Å². The van der Waals surface area contributed by atoms with Crippen molar-refractivity contribution in [1.29, 1.82) is 0 Å². The van der Waals surface area contributed by atoms with Crippen molar-refractivity contribution in [2.24, 2.45) is 17.6 Å². The van der Waals surface area contributed by atoms with Crippen LogP contribution < -0.4 is 11.1 Å². The van der Waals surface area contributed by atoms with E-state index in [1.165, 1.54) is 0 Å². The number of esters is 1. The molecule has 0 spiro atoms. The summed E-state index contributed by atoms with van der Waals surface area (Å²) in [5.74, 6) is -0.743. The first-order valence-electron chi connectivity index (χ1n) is 6.43. The molecule has 106 valence electrons. The Labute approximate surface area is 109 Å². The second-order valence-electron chi connectivity index (χ2n) is 5.49. The van der Waals surface area contributed by atoms with Gasteiger partial charge >= 0.3 is 5.97 Å². The molecule has 0 heterocycles. The summed E-state index contributed by atoms with van der Waals surface area (Å²) in [5, 5.41) is 2.66. The van der Waals surface area contributed by atoms with Crippen LogP contribution in [-0.4, -0.2) is 30.1 Å². The Morgan fingerprint density at radius 1 is 1.00 bits per heavy atom. The van der Waals surface area contributed by atoms with Crippen molar-refractivity contribution in [2.45, 2.75) is 59.7 Å². The van der Waals surface area contributed by atoms with E-state index in [2.05, 4.69) is 5.32 Å². The van der Waals surface area contributed by atoms with Gasteiger partial charge in [-0.2, -0.15) is 0 Å². The summed E-state index contributed by atoms with van der Waals surface area (Å²) in [7, 11) is 0. The lowest BCUT2D eigenvalue weighted by molar-refractivity contribution is -0.153. The number of nitrogens with two attached hydrogens (primary N) is 1. The third kappa shape index (κ3) is 5.49. The summed E-state index contributed by atoms with van der Waals surface area (Å²) in [6, 6.07) is -1.26. The maximum Gasteiger partial charge on any atom is 0.329 e. The standard InChI is InChI=1S/C13H26N2O3/c1-7(2)10(14)12(16)15-11(8(3)4)13(17)18-9(5)6/h7-11H,14H2,1-6H3,(H,15,16)/t10-,11-/m0/s1. The average Bonchev–Trinajstić information content (AvgIpc) is 2.22. The predicted octanol–water partition coefficient (Wildman–Crippen LogP) is 1.06. The summed E-state index contributed by atoms with van der Waals surface area (Å²) < 4.78 is 5.12. The molecule has 5 nitrogen and oxygen atoms in total. The zero-order chi connectivity index (χ0) is 14.5. The van der Waals surface area contributed by atoms with Crippen LogP contribution in [0.15, 0.2) is 0 Å². The van der Waals surface area contributed by atoms with Gasteiger partial charge in [0.2, 0.25) is 5.91 Å². The Balaban J connectivity index is 4.64. The van der Waals surface area contributed by atoms with Crippen molar-refractivity contribution in [3.63, 3.8) is 0 Å². The lowest BCUT2D eigenvalue weighted by Crippen LogP contribution is -2.52. The second-order valence-corrected chi connectivity index (χ2v) is 5.49. The van der Waals surface area contributed by atoms with Gasteiger partial charge in [-0.3, -0.25) is 4.79 Å². The second kappa shape index (κ2) is 7.36. The molecule has 0 bridgehead atoms. The van der Waals surface area contributed by atoms with Crippen molar-refractivity contribution in [3.05, 3.63) is 0 Å². The SMILES string of the molecule is CC(C)OC(=O)[C@@H](NC(=O)[C@@H](N)C(C)C)C(C)C. The molecule has 5 heteroatoms. The van der Waals surface area contributed by atoms with E-state index in [0.29, 0.717) is 0 Å². The number of amides is 1. The molecule has 0 radical (unpaired) electrons. The van der Waals surface area contributed by atoms with E-state index in [1.54, 1.807) is 13.8 Å². The Bertz CT molecular complexity index is 288. The van der Waals surface area contributed by atoms with Crippen molar-refractivity contribution in [2.75, 3.05) is 0 Å². The fourth-order valence-corrected chi connectivity index (χ4v) is 1.36. The van der Waals surface area contributed by atoms with Gasteiger partial charge < -0.3 is 15.8 Å². The highest BCUT2D eigenvalue weighted by atomic mass is 16.5. The van der Waals surface area contributed by atoms with E-state index in [9.17, 15) is 9.59 Å². The third-order valence-corrected chi connectivity index (χ3v) is 2.59. The Morgan fingerprint density at radius 3 is 1.83 bits per heavy atom. The van der Waals surface area contributed by atoms with Crippen LogP contribution in [0.25, 0.3) is 0 Å². The van der Waals surface area contributed by atoms with E-state index < -0.39 is 18.1 Å². The molecule has 0 unspecified atom stereocenters. The normalized spacial score (nSPS) is 14.8. The van der Waals surface area contributed by atoms with Crippen LogP contribution in [0.2, 0.25) is 0 Å². The highest BCUT2D eigenvalue weighted by molar-refractivity contribution is 5.87. The fraction of sp³-hybridized carbons (Fsp3) is 0.846. The molecular formula is C13H26N2O3. The van der Waals surface area contributed by atoms with Crippen LogP contribution in [0.3, 0.4) is 0 Å². The quantitative estimate of drug-likeness (QED) is 0.698. The van der Waals surface area contributed by atoms with Crippen molar-refractivity contribution in [3.8, 4) is 0 Å². The number of hydrogen-bond acceptors (Lipinski definition) is 4. The third-order valence-electron chi connectivity index (χ3n) is 2.59. The van der Waals surface area contributed by atoms with Crippen LogP contribution in [-0.2, 0) is 14.3 Å². The molecule has 0 fully saturated rings. The summed E-state index contributed by atoms with van der Waals surface area (Å²) in [6.07, 6.45) is -0.200. The van der Waals surface area contributed by atoms with Crippen molar-refractivity contribution in [1.82, 2.24) is 5.32 Å². The van der Waals surface area contributed by atoms with E-state index in [0.717, 1.165) is 0 Å². The predicted molar refractivity (Wildman–Crippen MR) is 70.8 cm³/mol. The molecule has 0 aliphatic carbocycles. The van der Waals surface area contributed by atoms with Crippen LogP contribution in [0.5, 0.6) is 0 Å². The molecule has 0 saturated carbocycles. The number of hydrogen-bond donors (Lipinski definition) is 2. The van der Waals surface area contributed by atoms with Gasteiger partial charge in [0, 0.05) is 0 Å². The van der Waals surface area contributed by atoms with Gasteiger partial charge in [0.25, 0.3) is 0 Å². The van der Waals surface area contributed by atoms with E-state index in [-0.39, 0.29) is 23.8 Å². The first-order valence-corrected chi connectivity index (χ1v) is 6.43. The van der Waals surface area contributed by atoms with E-state index in [4.69, 9.17) is 10.5 Å². The van der Waals surface area contributed by atoms with Crippen molar-refractivity contribution >= 4 is 11.9 Å². The minimum atomic E-state index is -0.648. The van der Waals surface area contributed by atoms with Gasteiger partial charge in [-0.15, -0.1) is 0 Å². The summed E-state index contributed by atoms with van der Waals surface area (Å²) in [4.78, 5) is 23.7. The van der Waals surface area contributed by atoms with E-state index in [1.807, 2.05) is 27.7 Å². The summed E-state index contributed by atoms with van der Waals surface area (Å²) in [6.45, 7) is 11.0. The van der Waals surface area contributed by atoms with Crippen LogP contribution >= 0.6 is 0 Å². The van der Waals surface area contributed by atoms with Gasteiger partial charge in [-0.25, -0.2) is 4.79 Å². The summed E-state index contributed by atoms with van der Waals surface area (Å²) in [5.41, 5.74) is 5.75. The molecule has 0 saturated heterocycles. The summed E-state index contributed by atoms with van der Waals surface area (Å²) >= 11 is 0. The molecule has 0 aromatic carbocycles. The molecule has 0 aromatic heterocycles. The lowest BCUT2D eigenvalue weighted by Gasteiger charge is -2.24. The Hall–Kier alpha value is -1.10. The smallest absolute Gasteiger partial charge is 0.329 e. The Kier molecular flexibility index (Phi) is 6.91. The van der Waals surface area contributed by atoms with Gasteiger partial charge in [0.1, 0.15) is 6.04 Å². The molecule has 2 atom stereocenters. The number of ether oxygens (including phenoxy) is 1. The number of carbonyl (C=O) groups is 2. The molecule has 0 rings (SSSR count). The molecule has 18 heavy (non-hydrogen) atoms. The molecular weight excluding hydrogens is 232 g/mol. The molecule has 0 aliphatic heterocycles. The van der Waals surface area contributed by atoms with E-state index >= 15 is 0 Å². The minimum absolute atomic E-state index is 0.0268. The highest BCUT2D eigenvalue weighted by Crippen LogP contribution is 2.07. The number of rotatable bonds is 6. The molecule has 0 aromatic rings. The number of carbonyl (C=O) groups excluding carboxylic acids is 2. The van der Waals surface area contributed by atoms with Crippen molar-refractivity contribution < 1.29 is 14.3 Å². The largest absolute Gasteiger partial charge is 0.461 e. The monoisotopic (exact) mass is 258 g/mol. The first-order chi connectivity index (χ1) is 8.16. The highest BCUT2D eigenvalue weighted by Gasteiger charge is 2.29. The molecule has 3 N–H and O–H groups in total. The lowest BCUT2D eigenvalue weighted by atomic mass is 10.0. The molecule has 1 amide bonds. The zero-order valence-electron chi connectivity index (χ0n) is 12.2. The topological polar surface area (TPSA) is 81.4 Å². The fourth-order valence-electron chi connectivity index (χ4n) is 1.36. The Morgan fingerprint density at radius 2 is 1.50 bits per heavy atom. The number of nitrogens with one attached hydrogen (secondary N) is 1.